The summed E-state index contributed by atoms with van der Waals surface area (Å²) in [4.78, 5) is 23.9. The molecule has 130 valence electrons. The molecule has 1 amide bonds. The maximum Gasteiger partial charge on any atom is 0.330 e. The van der Waals surface area contributed by atoms with Crippen LogP contribution in [0.25, 0.3) is 0 Å². The van der Waals surface area contributed by atoms with Gasteiger partial charge in [-0.05, 0) is 42.0 Å². The summed E-state index contributed by atoms with van der Waals surface area (Å²) in [7, 11) is 0. The van der Waals surface area contributed by atoms with Crippen LogP contribution in [-0.2, 0) is 11.4 Å². The maximum atomic E-state index is 12.4. The summed E-state index contributed by atoms with van der Waals surface area (Å²) in [5.74, 6) is 0.588. The number of carboxylic acids is 1. The molecule has 0 spiro atoms. The number of carbonyl (C=O) groups excluding carboxylic acids is 1. The average molecular weight is 357 g/mol. The molecule has 0 radical (unpaired) electrons. The summed E-state index contributed by atoms with van der Waals surface area (Å²) >= 11 is 1.54. The van der Waals surface area contributed by atoms with Crippen molar-refractivity contribution in [2.75, 3.05) is 11.5 Å². The van der Waals surface area contributed by atoms with Crippen molar-refractivity contribution in [3.8, 4) is 5.75 Å². The molecule has 1 heterocycles. The largest absolute Gasteiger partial charge is 0.489 e. The lowest BCUT2D eigenvalue weighted by molar-refractivity contribution is -0.143. The summed E-state index contributed by atoms with van der Waals surface area (Å²) in [5, 5.41) is 12.1. The Kier molecular flexibility index (Phi) is 5.28. The quantitative estimate of drug-likeness (QED) is 0.831. The molecule has 5 nitrogen and oxygen atoms in total. The van der Waals surface area contributed by atoms with Crippen LogP contribution in [0.4, 0.5) is 0 Å². The Morgan fingerprint density at radius 1 is 1.12 bits per heavy atom. The molecule has 25 heavy (non-hydrogen) atoms. The van der Waals surface area contributed by atoms with Crippen molar-refractivity contribution >= 4 is 23.6 Å². The molecule has 3 rings (SSSR count). The zero-order valence-electron chi connectivity index (χ0n) is 13.6. The van der Waals surface area contributed by atoms with Crippen LogP contribution in [0.15, 0.2) is 54.6 Å². The van der Waals surface area contributed by atoms with Gasteiger partial charge in [0.05, 0.1) is 0 Å². The third-order valence-electron chi connectivity index (χ3n) is 4.15. The van der Waals surface area contributed by atoms with Gasteiger partial charge in [-0.1, -0.05) is 30.3 Å². The number of carbonyl (C=O) groups is 2. The standard InChI is InChI=1S/C19H19NO4S/c21-17(20-19(18(22)23)10-11-25-13-19)15-8-6-14(7-9-15)12-24-16-4-2-1-3-5-16/h1-9H,10-13H2,(H,20,21)(H,22,23). The van der Waals surface area contributed by atoms with E-state index in [0.29, 0.717) is 24.3 Å². The van der Waals surface area contributed by atoms with Crippen LogP contribution in [0, 0.1) is 0 Å². The van der Waals surface area contributed by atoms with Gasteiger partial charge in [0.15, 0.2) is 0 Å². The summed E-state index contributed by atoms with van der Waals surface area (Å²) in [5.41, 5.74) is 0.224. The molecule has 2 N–H and O–H groups in total. The third kappa shape index (κ3) is 4.14. The number of aliphatic carboxylic acids is 1. The molecule has 1 unspecified atom stereocenters. The number of rotatable bonds is 6. The van der Waals surface area contributed by atoms with E-state index in [-0.39, 0.29) is 5.91 Å². The summed E-state index contributed by atoms with van der Waals surface area (Å²) in [6.07, 6.45) is 0.446. The average Bonchev–Trinajstić information content (AvgIpc) is 3.11. The van der Waals surface area contributed by atoms with Crippen LogP contribution in [0.2, 0.25) is 0 Å². The monoisotopic (exact) mass is 357 g/mol. The Morgan fingerprint density at radius 2 is 1.84 bits per heavy atom. The number of ether oxygens (including phenoxy) is 1. The van der Waals surface area contributed by atoms with Gasteiger partial charge in [-0.15, -0.1) is 0 Å². The lowest BCUT2D eigenvalue weighted by Gasteiger charge is -2.24. The first kappa shape index (κ1) is 17.4. The number of amides is 1. The molecule has 1 aliphatic heterocycles. The van der Waals surface area contributed by atoms with Gasteiger partial charge in [-0.3, -0.25) is 4.79 Å². The van der Waals surface area contributed by atoms with E-state index >= 15 is 0 Å². The Balaban J connectivity index is 1.61. The molecule has 1 fully saturated rings. The smallest absolute Gasteiger partial charge is 0.330 e. The predicted molar refractivity (Wildman–Crippen MR) is 97.0 cm³/mol. The van der Waals surface area contributed by atoms with Crippen LogP contribution < -0.4 is 10.1 Å². The minimum absolute atomic E-state index is 0.361. The fourth-order valence-corrected chi connectivity index (χ4v) is 3.94. The minimum Gasteiger partial charge on any atom is -0.489 e. The number of hydrogen-bond donors (Lipinski definition) is 2. The van der Waals surface area contributed by atoms with E-state index in [1.54, 1.807) is 23.9 Å². The fraction of sp³-hybridized carbons (Fsp3) is 0.263. The lowest BCUT2D eigenvalue weighted by Crippen LogP contribution is -2.54. The number of thioether (sulfide) groups is 1. The van der Waals surface area contributed by atoms with Gasteiger partial charge >= 0.3 is 5.97 Å². The van der Waals surface area contributed by atoms with Crippen LogP contribution in [-0.4, -0.2) is 34.0 Å². The van der Waals surface area contributed by atoms with Gasteiger partial charge in [0.25, 0.3) is 5.91 Å². The first-order valence-corrected chi connectivity index (χ1v) is 9.15. The Hall–Kier alpha value is -2.47. The second kappa shape index (κ2) is 7.61. The Bertz CT molecular complexity index is 740. The number of para-hydroxylation sites is 1. The summed E-state index contributed by atoms with van der Waals surface area (Å²) in [6.45, 7) is 0.404. The van der Waals surface area contributed by atoms with E-state index in [0.717, 1.165) is 17.1 Å². The summed E-state index contributed by atoms with van der Waals surface area (Å²) < 4.78 is 5.67. The highest BCUT2D eigenvalue weighted by Gasteiger charge is 2.43. The predicted octanol–water partition coefficient (Wildman–Crippen LogP) is 2.96. The normalized spacial score (nSPS) is 19.4. The molecule has 6 heteroatoms. The molecule has 0 bridgehead atoms. The van der Waals surface area contributed by atoms with Gasteiger partial charge in [0, 0.05) is 11.3 Å². The van der Waals surface area contributed by atoms with Crippen LogP contribution in [0.3, 0.4) is 0 Å². The minimum atomic E-state index is -1.16. The number of benzene rings is 2. The van der Waals surface area contributed by atoms with E-state index in [2.05, 4.69) is 5.32 Å². The second-order valence-corrected chi connectivity index (χ2v) is 7.05. The highest BCUT2D eigenvalue weighted by molar-refractivity contribution is 7.99. The van der Waals surface area contributed by atoms with Crippen LogP contribution in [0.5, 0.6) is 5.75 Å². The first-order valence-electron chi connectivity index (χ1n) is 7.99. The van der Waals surface area contributed by atoms with Crippen molar-refractivity contribution in [1.82, 2.24) is 5.32 Å². The van der Waals surface area contributed by atoms with Crippen LogP contribution >= 0.6 is 11.8 Å². The number of carboxylic acid groups (broad SMARTS) is 1. The Morgan fingerprint density at radius 3 is 2.44 bits per heavy atom. The molecule has 0 aliphatic carbocycles. The van der Waals surface area contributed by atoms with Crippen LogP contribution in [0.1, 0.15) is 22.3 Å². The SMILES string of the molecule is O=C(NC1(C(=O)O)CCSC1)c1ccc(COc2ccccc2)cc1. The topological polar surface area (TPSA) is 75.6 Å². The van der Waals surface area contributed by atoms with E-state index in [9.17, 15) is 14.7 Å². The molecule has 1 saturated heterocycles. The van der Waals surface area contributed by atoms with Crippen molar-refractivity contribution in [1.29, 1.82) is 0 Å². The highest BCUT2D eigenvalue weighted by atomic mass is 32.2. The van der Waals surface area contributed by atoms with Crippen molar-refractivity contribution in [2.24, 2.45) is 0 Å². The van der Waals surface area contributed by atoms with Gasteiger partial charge in [-0.2, -0.15) is 11.8 Å². The molecule has 0 saturated carbocycles. The lowest BCUT2D eigenvalue weighted by atomic mass is 9.98. The summed E-state index contributed by atoms with van der Waals surface area (Å²) in [6, 6.07) is 16.5. The second-order valence-electron chi connectivity index (χ2n) is 5.94. The van der Waals surface area contributed by atoms with Gasteiger partial charge < -0.3 is 15.2 Å². The zero-order valence-corrected chi connectivity index (χ0v) is 14.4. The van der Waals surface area contributed by atoms with E-state index in [1.807, 2.05) is 42.5 Å². The highest BCUT2D eigenvalue weighted by Crippen LogP contribution is 2.28. The molecular formula is C19H19NO4S. The third-order valence-corrected chi connectivity index (χ3v) is 5.34. The number of nitrogens with one attached hydrogen (secondary N) is 1. The molecule has 1 aliphatic rings. The maximum absolute atomic E-state index is 12.4. The van der Waals surface area contributed by atoms with Gasteiger partial charge in [0.1, 0.15) is 17.9 Å². The molecule has 0 aromatic heterocycles. The van der Waals surface area contributed by atoms with Crippen molar-refractivity contribution in [3.05, 3.63) is 65.7 Å². The molecule has 1 atom stereocenters. The zero-order chi connectivity index (χ0) is 17.7. The molecular weight excluding hydrogens is 338 g/mol. The van der Waals surface area contributed by atoms with Gasteiger partial charge in [-0.25, -0.2) is 4.79 Å². The van der Waals surface area contributed by atoms with Crippen molar-refractivity contribution in [3.63, 3.8) is 0 Å². The molecule has 2 aromatic rings. The van der Waals surface area contributed by atoms with Gasteiger partial charge in [0.2, 0.25) is 0 Å². The van der Waals surface area contributed by atoms with Crippen molar-refractivity contribution in [2.45, 2.75) is 18.6 Å². The Labute approximate surface area is 150 Å². The van der Waals surface area contributed by atoms with E-state index in [1.165, 1.54) is 0 Å². The van der Waals surface area contributed by atoms with Crippen molar-refractivity contribution < 1.29 is 19.4 Å². The van der Waals surface area contributed by atoms with E-state index in [4.69, 9.17) is 4.74 Å². The fourth-order valence-electron chi connectivity index (χ4n) is 2.61. The molecule has 2 aromatic carbocycles. The number of hydrogen-bond acceptors (Lipinski definition) is 4. The first-order chi connectivity index (χ1) is 12.1. The van der Waals surface area contributed by atoms with E-state index < -0.39 is 11.5 Å².